The van der Waals surface area contributed by atoms with Gasteiger partial charge in [-0.25, -0.2) is 9.97 Å². The van der Waals surface area contributed by atoms with Crippen LogP contribution in [0, 0.1) is 6.92 Å². The van der Waals surface area contributed by atoms with Crippen molar-refractivity contribution in [2.75, 3.05) is 23.3 Å². The van der Waals surface area contributed by atoms with E-state index in [1.807, 2.05) is 0 Å². The molecule has 0 aliphatic heterocycles. The summed E-state index contributed by atoms with van der Waals surface area (Å²) in [5, 5.41) is 3.39. The van der Waals surface area contributed by atoms with Gasteiger partial charge in [-0.05, 0) is 33.1 Å². The van der Waals surface area contributed by atoms with Crippen LogP contribution in [0.4, 0.5) is 11.6 Å². The zero-order chi connectivity index (χ0) is 14.7. The maximum absolute atomic E-state index is 4.87. The summed E-state index contributed by atoms with van der Waals surface area (Å²) in [4.78, 5) is 12.1. The SMILES string of the molecule is CCCN(c1nc(C(C)C)nc(NCC)c1C)C1CC1. The molecule has 0 unspecified atom stereocenters. The van der Waals surface area contributed by atoms with Crippen LogP contribution in [0.1, 0.15) is 64.3 Å². The van der Waals surface area contributed by atoms with Crippen molar-refractivity contribution in [1.82, 2.24) is 9.97 Å². The number of anilines is 2. The fourth-order valence-electron chi connectivity index (χ4n) is 2.49. The second-order valence-electron chi connectivity index (χ2n) is 5.99. The van der Waals surface area contributed by atoms with Gasteiger partial charge in [0.25, 0.3) is 0 Å². The molecule has 0 saturated heterocycles. The Kier molecular flexibility index (Phi) is 4.84. The first-order valence-electron chi connectivity index (χ1n) is 7.97. The maximum atomic E-state index is 4.87. The first-order valence-corrected chi connectivity index (χ1v) is 7.97. The predicted octanol–water partition coefficient (Wildman–Crippen LogP) is 3.72. The molecule has 1 aromatic heterocycles. The van der Waals surface area contributed by atoms with E-state index in [-0.39, 0.29) is 0 Å². The van der Waals surface area contributed by atoms with Crippen molar-refractivity contribution in [3.63, 3.8) is 0 Å². The normalized spacial score (nSPS) is 14.7. The van der Waals surface area contributed by atoms with E-state index >= 15 is 0 Å². The second kappa shape index (κ2) is 6.42. The summed E-state index contributed by atoms with van der Waals surface area (Å²) in [6, 6.07) is 0.693. The molecule has 0 aromatic carbocycles. The van der Waals surface area contributed by atoms with Gasteiger partial charge < -0.3 is 10.2 Å². The smallest absolute Gasteiger partial charge is 0.137 e. The van der Waals surface area contributed by atoms with Gasteiger partial charge in [-0.3, -0.25) is 0 Å². The quantitative estimate of drug-likeness (QED) is 0.824. The van der Waals surface area contributed by atoms with Crippen molar-refractivity contribution in [1.29, 1.82) is 0 Å². The summed E-state index contributed by atoms with van der Waals surface area (Å²) in [7, 11) is 0. The molecule has 1 heterocycles. The molecule has 0 bridgehead atoms. The molecule has 0 spiro atoms. The third-order valence-electron chi connectivity index (χ3n) is 3.72. The van der Waals surface area contributed by atoms with Crippen LogP contribution in [-0.2, 0) is 0 Å². The topological polar surface area (TPSA) is 41.1 Å². The summed E-state index contributed by atoms with van der Waals surface area (Å²) in [6.45, 7) is 12.8. The molecular formula is C16H28N4. The molecule has 1 fully saturated rings. The highest BCUT2D eigenvalue weighted by atomic mass is 15.2. The van der Waals surface area contributed by atoms with Gasteiger partial charge in [0.05, 0.1) is 0 Å². The van der Waals surface area contributed by atoms with Crippen molar-refractivity contribution < 1.29 is 0 Å². The zero-order valence-electron chi connectivity index (χ0n) is 13.5. The fraction of sp³-hybridized carbons (Fsp3) is 0.750. The predicted molar refractivity (Wildman–Crippen MR) is 85.7 cm³/mol. The standard InChI is InChI=1S/C16H28N4/c1-6-10-20(13-8-9-13)16-12(5)15(17-7-2)18-14(19-16)11(3)4/h11,13H,6-10H2,1-5H3,(H,17,18,19). The highest BCUT2D eigenvalue weighted by molar-refractivity contribution is 5.59. The van der Waals surface area contributed by atoms with E-state index in [0.29, 0.717) is 12.0 Å². The Bertz CT molecular complexity index is 452. The van der Waals surface area contributed by atoms with Gasteiger partial charge in [0.2, 0.25) is 0 Å². The number of hydrogen-bond acceptors (Lipinski definition) is 4. The summed E-state index contributed by atoms with van der Waals surface area (Å²) >= 11 is 0. The largest absolute Gasteiger partial charge is 0.370 e. The summed E-state index contributed by atoms with van der Waals surface area (Å²) in [5.41, 5.74) is 1.19. The number of nitrogens with one attached hydrogen (secondary N) is 1. The molecule has 0 radical (unpaired) electrons. The van der Waals surface area contributed by atoms with Crippen LogP contribution in [0.3, 0.4) is 0 Å². The zero-order valence-corrected chi connectivity index (χ0v) is 13.5. The van der Waals surface area contributed by atoms with E-state index in [1.165, 1.54) is 18.4 Å². The van der Waals surface area contributed by atoms with Gasteiger partial charge in [-0.2, -0.15) is 0 Å². The maximum Gasteiger partial charge on any atom is 0.137 e. The van der Waals surface area contributed by atoms with Crippen molar-refractivity contribution in [2.24, 2.45) is 0 Å². The molecular weight excluding hydrogens is 248 g/mol. The van der Waals surface area contributed by atoms with Crippen LogP contribution in [0.5, 0.6) is 0 Å². The molecule has 2 rings (SSSR count). The van der Waals surface area contributed by atoms with Gasteiger partial charge in [0.1, 0.15) is 17.5 Å². The van der Waals surface area contributed by atoms with E-state index in [0.717, 1.165) is 37.0 Å². The minimum atomic E-state index is 0.356. The molecule has 1 aliphatic rings. The Morgan fingerprint density at radius 2 is 1.95 bits per heavy atom. The van der Waals surface area contributed by atoms with Gasteiger partial charge in [0.15, 0.2) is 0 Å². The average molecular weight is 276 g/mol. The van der Waals surface area contributed by atoms with Crippen molar-refractivity contribution >= 4 is 11.6 Å². The lowest BCUT2D eigenvalue weighted by Crippen LogP contribution is -2.29. The highest BCUT2D eigenvalue weighted by Crippen LogP contribution is 2.34. The number of rotatable bonds is 7. The van der Waals surface area contributed by atoms with Crippen LogP contribution in [0.25, 0.3) is 0 Å². The number of aromatic nitrogens is 2. The third-order valence-corrected chi connectivity index (χ3v) is 3.72. The van der Waals surface area contributed by atoms with Crippen LogP contribution in [-0.4, -0.2) is 29.1 Å². The van der Waals surface area contributed by atoms with Crippen molar-refractivity contribution in [3.8, 4) is 0 Å². The lowest BCUT2D eigenvalue weighted by Gasteiger charge is -2.26. The molecule has 1 aromatic rings. The summed E-state index contributed by atoms with van der Waals surface area (Å²) in [6.07, 6.45) is 3.77. The molecule has 4 nitrogen and oxygen atoms in total. The number of nitrogens with zero attached hydrogens (tertiary/aromatic N) is 3. The summed E-state index contributed by atoms with van der Waals surface area (Å²) in [5.74, 6) is 3.45. The number of hydrogen-bond donors (Lipinski definition) is 1. The lowest BCUT2D eigenvalue weighted by molar-refractivity contribution is 0.718. The minimum Gasteiger partial charge on any atom is -0.370 e. The molecule has 4 heteroatoms. The third kappa shape index (κ3) is 3.22. The minimum absolute atomic E-state index is 0.356. The molecule has 0 amide bonds. The Morgan fingerprint density at radius 1 is 1.25 bits per heavy atom. The van der Waals surface area contributed by atoms with Gasteiger partial charge >= 0.3 is 0 Å². The average Bonchev–Trinajstić information content (AvgIpc) is 3.23. The Labute approximate surface area is 123 Å². The molecule has 1 N–H and O–H groups in total. The van der Waals surface area contributed by atoms with E-state index in [4.69, 9.17) is 9.97 Å². The fourth-order valence-corrected chi connectivity index (χ4v) is 2.49. The van der Waals surface area contributed by atoms with Crippen LogP contribution in [0.2, 0.25) is 0 Å². The van der Waals surface area contributed by atoms with E-state index < -0.39 is 0 Å². The van der Waals surface area contributed by atoms with Crippen LogP contribution >= 0.6 is 0 Å². The van der Waals surface area contributed by atoms with Crippen LogP contribution < -0.4 is 10.2 Å². The summed E-state index contributed by atoms with van der Waals surface area (Å²) < 4.78 is 0. The monoisotopic (exact) mass is 276 g/mol. The van der Waals surface area contributed by atoms with E-state index in [9.17, 15) is 0 Å². The van der Waals surface area contributed by atoms with Gasteiger partial charge in [-0.15, -0.1) is 0 Å². The molecule has 1 aliphatic carbocycles. The van der Waals surface area contributed by atoms with Gasteiger partial charge in [0, 0.05) is 30.6 Å². The Morgan fingerprint density at radius 3 is 2.45 bits per heavy atom. The van der Waals surface area contributed by atoms with Crippen molar-refractivity contribution in [3.05, 3.63) is 11.4 Å². The molecule has 0 atom stereocenters. The molecule has 112 valence electrons. The molecule has 1 saturated carbocycles. The van der Waals surface area contributed by atoms with Crippen LogP contribution in [0.15, 0.2) is 0 Å². The first kappa shape index (κ1) is 15.1. The van der Waals surface area contributed by atoms with E-state index in [1.54, 1.807) is 0 Å². The highest BCUT2D eigenvalue weighted by Gasteiger charge is 2.31. The van der Waals surface area contributed by atoms with E-state index in [2.05, 4.69) is 44.8 Å². The second-order valence-corrected chi connectivity index (χ2v) is 5.99. The van der Waals surface area contributed by atoms with Gasteiger partial charge in [-0.1, -0.05) is 20.8 Å². The first-order chi connectivity index (χ1) is 9.58. The Balaban J connectivity index is 2.42. The Hall–Kier alpha value is -1.32. The molecule has 20 heavy (non-hydrogen) atoms. The lowest BCUT2D eigenvalue weighted by atomic mass is 10.2. The van der Waals surface area contributed by atoms with Crippen molar-refractivity contribution in [2.45, 2.75) is 65.8 Å².